The van der Waals surface area contributed by atoms with Gasteiger partial charge in [-0.05, 0) is 38.4 Å². The monoisotopic (exact) mass is 374 g/mol. The Hall–Kier alpha value is -3.00. The molecular weight excluding hydrogens is 348 g/mol. The first kappa shape index (κ1) is 20.3. The first-order valence-corrected chi connectivity index (χ1v) is 8.46. The van der Waals surface area contributed by atoms with Crippen LogP contribution in [0.5, 0.6) is 11.5 Å². The third-order valence-corrected chi connectivity index (χ3v) is 4.25. The van der Waals surface area contributed by atoms with Crippen molar-refractivity contribution in [2.75, 3.05) is 40.2 Å². The van der Waals surface area contributed by atoms with Gasteiger partial charge in [-0.2, -0.15) is 0 Å². The van der Waals surface area contributed by atoms with Crippen LogP contribution in [0.25, 0.3) is 0 Å². The van der Waals surface area contributed by atoms with Crippen molar-refractivity contribution in [2.24, 2.45) is 7.05 Å². The predicted octanol–water partition coefficient (Wildman–Crippen LogP) is 1.40. The Bertz CT molecular complexity index is 801. The number of hydrogen-bond donors (Lipinski definition) is 2. The molecule has 2 aromatic rings. The van der Waals surface area contributed by atoms with E-state index < -0.39 is 11.8 Å². The maximum absolute atomic E-state index is 12.2. The van der Waals surface area contributed by atoms with Crippen LogP contribution in [0.4, 0.5) is 5.69 Å². The van der Waals surface area contributed by atoms with Gasteiger partial charge < -0.3 is 24.7 Å². The minimum atomic E-state index is -0.744. The van der Waals surface area contributed by atoms with Crippen LogP contribution in [-0.2, 0) is 16.6 Å². The standard InChI is InChI=1S/C19H26N4O4/c1-22(2)15(14-7-6-10-23(14)3)12-20-18(24)19(25)21-13-8-9-16(26-4)17(11-13)27-5/h6-11,15H,12H2,1-5H3,(H,20,24)(H,21,25). The number of carbonyl (C=O) groups is 2. The number of ether oxygens (including phenoxy) is 2. The van der Waals surface area contributed by atoms with Crippen LogP contribution in [-0.4, -0.2) is 56.1 Å². The zero-order valence-corrected chi connectivity index (χ0v) is 16.3. The van der Waals surface area contributed by atoms with Gasteiger partial charge in [-0.25, -0.2) is 0 Å². The largest absolute Gasteiger partial charge is 0.493 e. The van der Waals surface area contributed by atoms with E-state index in [0.29, 0.717) is 23.7 Å². The van der Waals surface area contributed by atoms with E-state index in [1.54, 1.807) is 18.2 Å². The lowest BCUT2D eigenvalue weighted by Crippen LogP contribution is -2.40. The number of rotatable bonds is 7. The van der Waals surface area contributed by atoms with Crippen molar-refractivity contribution in [1.29, 1.82) is 0 Å². The molecular formula is C19H26N4O4. The zero-order valence-electron chi connectivity index (χ0n) is 16.3. The molecule has 1 heterocycles. The third kappa shape index (κ3) is 5.01. The molecule has 146 valence electrons. The molecule has 1 unspecified atom stereocenters. The van der Waals surface area contributed by atoms with Gasteiger partial charge in [0.15, 0.2) is 11.5 Å². The molecule has 2 N–H and O–H groups in total. The summed E-state index contributed by atoms with van der Waals surface area (Å²) >= 11 is 0. The van der Waals surface area contributed by atoms with E-state index in [9.17, 15) is 9.59 Å². The number of hydrogen-bond acceptors (Lipinski definition) is 5. The second kappa shape index (κ2) is 9.09. The molecule has 0 aliphatic rings. The average Bonchev–Trinajstić information content (AvgIpc) is 3.07. The van der Waals surface area contributed by atoms with Crippen molar-refractivity contribution in [3.63, 3.8) is 0 Å². The molecule has 0 fully saturated rings. The number of nitrogens with zero attached hydrogens (tertiary/aromatic N) is 2. The molecule has 0 aliphatic heterocycles. The van der Waals surface area contributed by atoms with Crippen molar-refractivity contribution < 1.29 is 19.1 Å². The first-order valence-electron chi connectivity index (χ1n) is 8.46. The van der Waals surface area contributed by atoms with Crippen LogP contribution < -0.4 is 20.1 Å². The highest BCUT2D eigenvalue weighted by Crippen LogP contribution is 2.29. The van der Waals surface area contributed by atoms with Crippen LogP contribution in [0, 0.1) is 0 Å². The number of aromatic nitrogens is 1. The maximum atomic E-state index is 12.2. The lowest BCUT2D eigenvalue weighted by molar-refractivity contribution is -0.136. The van der Waals surface area contributed by atoms with Crippen LogP contribution in [0.2, 0.25) is 0 Å². The van der Waals surface area contributed by atoms with E-state index in [1.807, 2.05) is 48.9 Å². The third-order valence-electron chi connectivity index (χ3n) is 4.25. The SMILES string of the molecule is COc1ccc(NC(=O)C(=O)NCC(c2cccn2C)N(C)C)cc1OC. The average molecular weight is 374 g/mol. The topological polar surface area (TPSA) is 84.8 Å². The van der Waals surface area contributed by atoms with Gasteiger partial charge in [-0.1, -0.05) is 0 Å². The fourth-order valence-corrected chi connectivity index (χ4v) is 2.74. The summed E-state index contributed by atoms with van der Waals surface area (Å²) in [6.07, 6.45) is 1.94. The van der Waals surface area contributed by atoms with E-state index in [0.717, 1.165) is 5.69 Å². The number of likely N-dealkylation sites (N-methyl/N-ethyl adjacent to an activating group) is 1. The minimum Gasteiger partial charge on any atom is -0.493 e. The van der Waals surface area contributed by atoms with Crippen molar-refractivity contribution >= 4 is 17.5 Å². The van der Waals surface area contributed by atoms with Crippen LogP contribution in [0.1, 0.15) is 11.7 Å². The van der Waals surface area contributed by atoms with Gasteiger partial charge in [-0.15, -0.1) is 0 Å². The van der Waals surface area contributed by atoms with Gasteiger partial charge in [0.1, 0.15) is 0 Å². The lowest BCUT2D eigenvalue weighted by atomic mass is 10.2. The smallest absolute Gasteiger partial charge is 0.313 e. The van der Waals surface area contributed by atoms with Gasteiger partial charge in [0.2, 0.25) is 0 Å². The Morgan fingerprint density at radius 2 is 1.81 bits per heavy atom. The number of anilines is 1. The molecule has 0 bridgehead atoms. The molecule has 2 amide bonds. The van der Waals surface area contributed by atoms with Crippen molar-refractivity contribution in [3.05, 3.63) is 42.2 Å². The van der Waals surface area contributed by atoms with E-state index in [4.69, 9.17) is 9.47 Å². The van der Waals surface area contributed by atoms with Gasteiger partial charge >= 0.3 is 11.8 Å². The lowest BCUT2D eigenvalue weighted by Gasteiger charge is -2.25. The van der Waals surface area contributed by atoms with Gasteiger partial charge in [-0.3, -0.25) is 14.5 Å². The maximum Gasteiger partial charge on any atom is 0.313 e. The highest BCUT2D eigenvalue weighted by Gasteiger charge is 2.20. The Morgan fingerprint density at radius 3 is 2.37 bits per heavy atom. The summed E-state index contributed by atoms with van der Waals surface area (Å²) in [5.74, 6) is -0.444. The van der Waals surface area contributed by atoms with Gasteiger partial charge in [0.25, 0.3) is 0 Å². The Labute approximate surface area is 159 Å². The summed E-state index contributed by atoms with van der Waals surface area (Å²) in [5.41, 5.74) is 1.49. The minimum absolute atomic E-state index is 0.0529. The molecule has 1 aromatic heterocycles. The molecule has 0 radical (unpaired) electrons. The van der Waals surface area contributed by atoms with Crippen LogP contribution >= 0.6 is 0 Å². The molecule has 0 aliphatic carbocycles. The molecule has 0 saturated carbocycles. The molecule has 1 atom stereocenters. The predicted molar refractivity (Wildman–Crippen MR) is 103 cm³/mol. The molecule has 8 heteroatoms. The van der Waals surface area contributed by atoms with E-state index in [2.05, 4.69) is 10.6 Å². The fourth-order valence-electron chi connectivity index (χ4n) is 2.74. The normalized spacial score (nSPS) is 11.8. The number of methoxy groups -OCH3 is 2. The number of aryl methyl sites for hydroxylation is 1. The summed E-state index contributed by atoms with van der Waals surface area (Å²) in [5, 5.41) is 5.25. The zero-order chi connectivity index (χ0) is 20.0. The van der Waals surface area contributed by atoms with Crippen LogP contribution in [0.15, 0.2) is 36.5 Å². The number of amides is 2. The Kier molecular flexibility index (Phi) is 6.84. The summed E-state index contributed by atoms with van der Waals surface area (Å²) in [7, 11) is 8.82. The Morgan fingerprint density at radius 1 is 1.11 bits per heavy atom. The van der Waals surface area contributed by atoms with Crippen molar-refractivity contribution in [3.8, 4) is 11.5 Å². The van der Waals surface area contributed by atoms with E-state index >= 15 is 0 Å². The Balaban J connectivity index is 1.99. The molecule has 2 rings (SSSR count). The number of nitrogens with one attached hydrogen (secondary N) is 2. The molecule has 0 saturated heterocycles. The van der Waals surface area contributed by atoms with E-state index in [-0.39, 0.29) is 6.04 Å². The summed E-state index contributed by atoms with van der Waals surface area (Å²) < 4.78 is 12.3. The number of carbonyl (C=O) groups excluding carboxylic acids is 2. The fraction of sp³-hybridized carbons (Fsp3) is 0.368. The van der Waals surface area contributed by atoms with Crippen LogP contribution in [0.3, 0.4) is 0 Å². The van der Waals surface area contributed by atoms with Crippen molar-refractivity contribution in [2.45, 2.75) is 6.04 Å². The molecule has 27 heavy (non-hydrogen) atoms. The second-order valence-electron chi connectivity index (χ2n) is 6.26. The second-order valence-corrected chi connectivity index (χ2v) is 6.26. The summed E-state index contributed by atoms with van der Waals surface area (Å²) in [6.45, 7) is 0.309. The van der Waals surface area contributed by atoms with Gasteiger partial charge in [0, 0.05) is 37.2 Å². The summed E-state index contributed by atoms with van der Waals surface area (Å²) in [4.78, 5) is 26.4. The highest BCUT2D eigenvalue weighted by atomic mass is 16.5. The first-order chi connectivity index (χ1) is 12.9. The highest BCUT2D eigenvalue weighted by molar-refractivity contribution is 6.39. The quantitative estimate of drug-likeness (QED) is 0.716. The van der Waals surface area contributed by atoms with Crippen molar-refractivity contribution in [1.82, 2.24) is 14.8 Å². The molecule has 8 nitrogen and oxygen atoms in total. The summed E-state index contributed by atoms with van der Waals surface area (Å²) in [6, 6.07) is 8.76. The molecule has 0 spiro atoms. The number of benzene rings is 1. The van der Waals surface area contributed by atoms with E-state index in [1.165, 1.54) is 14.2 Å². The molecule has 1 aromatic carbocycles. The van der Waals surface area contributed by atoms with Gasteiger partial charge in [0.05, 0.1) is 20.3 Å².